The Kier molecular flexibility index (Phi) is 5.95. The van der Waals surface area contributed by atoms with E-state index in [2.05, 4.69) is 4.98 Å². The number of esters is 1. The first-order valence-corrected chi connectivity index (χ1v) is 6.20. The van der Waals surface area contributed by atoms with Crippen LogP contribution in [0.4, 0.5) is 0 Å². The topological polar surface area (TPSA) is 85.5 Å². The highest BCUT2D eigenvalue weighted by Gasteiger charge is 2.27. The van der Waals surface area contributed by atoms with Crippen LogP contribution in [-0.2, 0) is 20.9 Å². The molecular formula is C13H19N3O3. The second kappa shape index (κ2) is 7.48. The molecule has 0 saturated heterocycles. The lowest BCUT2D eigenvalue weighted by Gasteiger charge is -2.23. The summed E-state index contributed by atoms with van der Waals surface area (Å²) >= 11 is 0. The van der Waals surface area contributed by atoms with Crippen LogP contribution < -0.4 is 5.73 Å². The van der Waals surface area contributed by atoms with Gasteiger partial charge in [-0.1, -0.05) is 0 Å². The van der Waals surface area contributed by atoms with Crippen LogP contribution in [0.2, 0.25) is 0 Å². The van der Waals surface area contributed by atoms with Gasteiger partial charge in [0.1, 0.15) is 0 Å². The van der Waals surface area contributed by atoms with Crippen molar-refractivity contribution in [1.82, 2.24) is 9.88 Å². The van der Waals surface area contributed by atoms with Crippen LogP contribution in [-0.4, -0.2) is 41.0 Å². The summed E-state index contributed by atoms with van der Waals surface area (Å²) in [4.78, 5) is 29.0. The molecule has 0 radical (unpaired) electrons. The van der Waals surface area contributed by atoms with E-state index in [4.69, 9.17) is 10.5 Å². The van der Waals surface area contributed by atoms with Crippen LogP contribution in [0.1, 0.15) is 19.4 Å². The first-order chi connectivity index (χ1) is 9.10. The smallest absolute Gasteiger partial charge is 0.332 e. The Morgan fingerprint density at radius 2 is 2.00 bits per heavy atom. The molecule has 0 bridgehead atoms. The molecule has 2 N–H and O–H groups in total. The fourth-order valence-electron chi connectivity index (χ4n) is 1.58. The van der Waals surface area contributed by atoms with E-state index in [9.17, 15) is 9.59 Å². The van der Waals surface area contributed by atoms with Gasteiger partial charge in [-0.3, -0.25) is 9.78 Å². The van der Waals surface area contributed by atoms with Gasteiger partial charge in [0.25, 0.3) is 5.91 Å². The largest absolute Gasteiger partial charge is 0.464 e. The highest BCUT2D eigenvalue weighted by Crippen LogP contribution is 2.05. The third-order valence-corrected chi connectivity index (χ3v) is 2.62. The van der Waals surface area contributed by atoms with Crippen molar-refractivity contribution in [3.63, 3.8) is 0 Å². The van der Waals surface area contributed by atoms with Crippen LogP contribution in [0.5, 0.6) is 0 Å². The minimum Gasteiger partial charge on any atom is -0.464 e. The Morgan fingerprint density at radius 3 is 2.53 bits per heavy atom. The fraction of sp³-hybridized carbons (Fsp3) is 0.462. The Hall–Kier alpha value is -1.95. The molecule has 0 fully saturated rings. The molecule has 1 amide bonds. The van der Waals surface area contributed by atoms with Gasteiger partial charge in [0.05, 0.1) is 6.61 Å². The molecule has 104 valence electrons. The summed E-state index contributed by atoms with van der Waals surface area (Å²) in [5, 5.41) is 0. The van der Waals surface area contributed by atoms with Crippen molar-refractivity contribution < 1.29 is 14.3 Å². The molecule has 0 saturated carbocycles. The first-order valence-electron chi connectivity index (χ1n) is 6.20. The van der Waals surface area contributed by atoms with Crippen LogP contribution >= 0.6 is 0 Å². The third-order valence-electron chi connectivity index (χ3n) is 2.62. The summed E-state index contributed by atoms with van der Waals surface area (Å²) in [6.07, 6.45) is 3.30. The minimum atomic E-state index is -1.26. The Morgan fingerprint density at radius 1 is 1.37 bits per heavy atom. The molecule has 0 aliphatic heterocycles. The van der Waals surface area contributed by atoms with Gasteiger partial charge in [-0.25, -0.2) is 4.79 Å². The average molecular weight is 265 g/mol. The molecule has 1 heterocycles. The summed E-state index contributed by atoms with van der Waals surface area (Å²) in [5.74, 6) is -1.13. The number of hydrogen-bond acceptors (Lipinski definition) is 5. The van der Waals surface area contributed by atoms with Gasteiger partial charge in [-0.05, 0) is 31.5 Å². The molecule has 1 atom stereocenters. The lowest BCUT2D eigenvalue weighted by atomic mass is 10.2. The van der Waals surface area contributed by atoms with Gasteiger partial charge in [0.15, 0.2) is 6.04 Å². The number of hydrogen-bond donors (Lipinski definition) is 1. The second-order valence-electron chi connectivity index (χ2n) is 3.94. The number of carbonyl (C=O) groups is 2. The molecular weight excluding hydrogens is 246 g/mol. The monoisotopic (exact) mass is 265 g/mol. The van der Waals surface area contributed by atoms with E-state index in [-0.39, 0.29) is 6.61 Å². The highest BCUT2D eigenvalue weighted by atomic mass is 16.5. The second-order valence-corrected chi connectivity index (χ2v) is 3.94. The van der Waals surface area contributed by atoms with E-state index < -0.39 is 17.9 Å². The van der Waals surface area contributed by atoms with Crippen LogP contribution in [0.15, 0.2) is 24.5 Å². The molecule has 1 rings (SSSR count). The normalized spacial score (nSPS) is 11.7. The maximum absolute atomic E-state index is 12.1. The number of carbonyl (C=O) groups excluding carboxylic acids is 2. The van der Waals surface area contributed by atoms with Gasteiger partial charge in [-0.2, -0.15) is 0 Å². The van der Waals surface area contributed by atoms with Gasteiger partial charge >= 0.3 is 5.97 Å². The Labute approximate surface area is 112 Å². The van der Waals surface area contributed by atoms with E-state index in [1.165, 1.54) is 4.90 Å². The van der Waals surface area contributed by atoms with E-state index in [1.54, 1.807) is 19.3 Å². The van der Waals surface area contributed by atoms with E-state index in [0.717, 1.165) is 5.56 Å². The van der Waals surface area contributed by atoms with Crippen molar-refractivity contribution >= 4 is 11.9 Å². The maximum atomic E-state index is 12.1. The van der Waals surface area contributed by atoms with Crippen molar-refractivity contribution in [2.75, 3.05) is 13.2 Å². The predicted molar refractivity (Wildman–Crippen MR) is 69.9 cm³/mol. The highest BCUT2D eigenvalue weighted by molar-refractivity contribution is 6.01. The standard InChI is InChI=1S/C13H19N3O3/c1-3-16(9-10-5-7-15-8-6-10)12(17)11(14)13(18)19-4-2/h5-8,11H,3-4,9,14H2,1-2H3. The van der Waals surface area contributed by atoms with E-state index in [0.29, 0.717) is 13.1 Å². The van der Waals surface area contributed by atoms with Crippen LogP contribution in [0.3, 0.4) is 0 Å². The van der Waals surface area contributed by atoms with Crippen LogP contribution in [0, 0.1) is 0 Å². The summed E-state index contributed by atoms with van der Waals surface area (Å²) in [7, 11) is 0. The van der Waals surface area contributed by atoms with Gasteiger partial charge < -0.3 is 15.4 Å². The number of aromatic nitrogens is 1. The molecule has 1 aromatic heterocycles. The number of likely N-dealkylation sites (N-methyl/N-ethyl adjacent to an activating group) is 1. The van der Waals surface area contributed by atoms with E-state index >= 15 is 0 Å². The number of pyridine rings is 1. The number of rotatable bonds is 6. The molecule has 0 aliphatic carbocycles. The summed E-state index contributed by atoms with van der Waals surface area (Å²) in [6, 6.07) is 2.36. The van der Waals surface area contributed by atoms with Crippen molar-refractivity contribution in [2.24, 2.45) is 5.73 Å². The molecule has 1 unspecified atom stereocenters. The third kappa shape index (κ3) is 4.33. The minimum absolute atomic E-state index is 0.205. The zero-order valence-electron chi connectivity index (χ0n) is 11.2. The molecule has 19 heavy (non-hydrogen) atoms. The molecule has 0 spiro atoms. The fourth-order valence-corrected chi connectivity index (χ4v) is 1.58. The van der Waals surface area contributed by atoms with E-state index in [1.807, 2.05) is 19.1 Å². The van der Waals surface area contributed by atoms with Crippen LogP contribution in [0.25, 0.3) is 0 Å². The lowest BCUT2D eigenvalue weighted by molar-refractivity contribution is -0.151. The zero-order chi connectivity index (χ0) is 14.3. The van der Waals surface area contributed by atoms with Crippen molar-refractivity contribution in [1.29, 1.82) is 0 Å². The quantitative estimate of drug-likeness (QED) is 0.591. The molecule has 6 heteroatoms. The maximum Gasteiger partial charge on any atom is 0.332 e. The van der Waals surface area contributed by atoms with Gasteiger partial charge in [0, 0.05) is 25.5 Å². The van der Waals surface area contributed by atoms with Gasteiger partial charge in [0.2, 0.25) is 0 Å². The number of nitrogens with two attached hydrogens (primary N) is 1. The number of amides is 1. The number of ether oxygens (including phenoxy) is 1. The zero-order valence-corrected chi connectivity index (χ0v) is 11.2. The predicted octanol–water partition coefficient (Wildman–Crippen LogP) is 0.321. The SMILES string of the molecule is CCOC(=O)C(N)C(=O)N(CC)Cc1ccncc1. The Bertz CT molecular complexity index is 422. The number of nitrogens with zero attached hydrogens (tertiary/aromatic N) is 2. The molecule has 0 aliphatic rings. The summed E-state index contributed by atoms with van der Waals surface area (Å²) in [5.41, 5.74) is 6.53. The Balaban J connectivity index is 2.69. The van der Waals surface area contributed by atoms with Crippen molar-refractivity contribution in [2.45, 2.75) is 26.4 Å². The van der Waals surface area contributed by atoms with Crippen molar-refractivity contribution in [3.8, 4) is 0 Å². The molecule has 0 aromatic carbocycles. The average Bonchev–Trinajstić information content (AvgIpc) is 2.44. The molecule has 1 aromatic rings. The van der Waals surface area contributed by atoms with Gasteiger partial charge in [-0.15, -0.1) is 0 Å². The summed E-state index contributed by atoms with van der Waals surface area (Å²) < 4.78 is 4.75. The lowest BCUT2D eigenvalue weighted by Crippen LogP contribution is -2.48. The summed E-state index contributed by atoms with van der Waals surface area (Å²) in [6.45, 7) is 4.57. The van der Waals surface area contributed by atoms with Crippen molar-refractivity contribution in [3.05, 3.63) is 30.1 Å². The first kappa shape index (κ1) is 15.1. The molecule has 6 nitrogen and oxygen atoms in total.